The summed E-state index contributed by atoms with van der Waals surface area (Å²) in [4.78, 5) is 23.4. The van der Waals surface area contributed by atoms with Gasteiger partial charge in [0.25, 0.3) is 0 Å². The van der Waals surface area contributed by atoms with Gasteiger partial charge in [-0.2, -0.15) is 0 Å². The zero-order valence-electron chi connectivity index (χ0n) is 15.0. The van der Waals surface area contributed by atoms with Crippen molar-refractivity contribution in [2.45, 2.75) is 6.54 Å². The first-order valence-corrected chi connectivity index (χ1v) is 8.36. The van der Waals surface area contributed by atoms with E-state index in [9.17, 15) is 14.0 Å². The highest BCUT2D eigenvalue weighted by molar-refractivity contribution is 5.83. The van der Waals surface area contributed by atoms with Gasteiger partial charge in [0.15, 0.2) is 0 Å². The Hall–Kier alpha value is -3.29. The Balaban J connectivity index is 1.57. The number of amides is 3. The summed E-state index contributed by atoms with van der Waals surface area (Å²) in [7, 11) is 1.57. The Labute approximate surface area is 156 Å². The van der Waals surface area contributed by atoms with Crippen LogP contribution in [-0.2, 0) is 11.3 Å². The molecule has 0 unspecified atom stereocenters. The third-order valence-electron chi connectivity index (χ3n) is 3.51. The molecule has 0 radical (unpaired) electrons. The smallest absolute Gasteiger partial charge is 0.315 e. The summed E-state index contributed by atoms with van der Waals surface area (Å²) in [5, 5.41) is 7.67. The molecule has 27 heavy (non-hydrogen) atoms. The molecule has 0 aliphatic heterocycles. The van der Waals surface area contributed by atoms with E-state index in [1.165, 1.54) is 12.1 Å². The van der Waals surface area contributed by atoms with Crippen molar-refractivity contribution >= 4 is 11.9 Å². The molecular weight excluding hydrogens is 353 g/mol. The predicted octanol–water partition coefficient (Wildman–Crippen LogP) is 1.83. The zero-order valence-corrected chi connectivity index (χ0v) is 15.0. The second kappa shape index (κ2) is 10.6. The summed E-state index contributed by atoms with van der Waals surface area (Å²) in [6, 6.07) is 12.4. The summed E-state index contributed by atoms with van der Waals surface area (Å²) in [6.45, 7) is 0.668. The fraction of sp³-hybridized carbons (Fsp3) is 0.263. The minimum atomic E-state index is -0.484. The number of carbonyl (C=O) groups excluding carboxylic acids is 2. The van der Waals surface area contributed by atoms with Crippen molar-refractivity contribution in [3.8, 4) is 11.5 Å². The van der Waals surface area contributed by atoms with Crippen molar-refractivity contribution in [1.29, 1.82) is 0 Å². The lowest BCUT2D eigenvalue weighted by molar-refractivity contribution is -0.120. The highest BCUT2D eigenvalue weighted by Crippen LogP contribution is 2.18. The molecule has 0 bridgehead atoms. The van der Waals surface area contributed by atoms with Crippen LogP contribution in [0.25, 0.3) is 0 Å². The van der Waals surface area contributed by atoms with Gasteiger partial charge < -0.3 is 25.4 Å². The first-order valence-electron chi connectivity index (χ1n) is 8.36. The molecule has 0 saturated carbocycles. The standard InChI is InChI=1S/C19H22FN3O4/c1-26-16-3-2-4-17(11-16)27-10-9-21-18(24)13-23-19(25)22-12-14-5-7-15(20)8-6-14/h2-8,11H,9-10,12-13H2,1H3,(H,21,24)(H2,22,23,25). The van der Waals surface area contributed by atoms with Gasteiger partial charge in [0, 0.05) is 12.6 Å². The lowest BCUT2D eigenvalue weighted by Gasteiger charge is -2.10. The first kappa shape index (κ1) is 20.0. The lowest BCUT2D eigenvalue weighted by atomic mass is 10.2. The van der Waals surface area contributed by atoms with Crippen molar-refractivity contribution in [3.63, 3.8) is 0 Å². The molecule has 0 heterocycles. The van der Waals surface area contributed by atoms with Crippen LogP contribution in [0.4, 0.5) is 9.18 Å². The fourth-order valence-corrected chi connectivity index (χ4v) is 2.12. The quantitative estimate of drug-likeness (QED) is 0.584. The maximum atomic E-state index is 12.8. The van der Waals surface area contributed by atoms with E-state index in [4.69, 9.17) is 9.47 Å². The van der Waals surface area contributed by atoms with Crippen molar-refractivity contribution < 1.29 is 23.5 Å². The molecule has 2 aromatic carbocycles. The third-order valence-corrected chi connectivity index (χ3v) is 3.51. The molecule has 7 nitrogen and oxygen atoms in total. The van der Waals surface area contributed by atoms with Crippen LogP contribution in [0.3, 0.4) is 0 Å². The molecule has 0 saturated heterocycles. The van der Waals surface area contributed by atoms with Crippen LogP contribution in [0, 0.1) is 5.82 Å². The van der Waals surface area contributed by atoms with Gasteiger partial charge in [0.05, 0.1) is 20.2 Å². The van der Waals surface area contributed by atoms with Gasteiger partial charge in [-0.1, -0.05) is 18.2 Å². The Kier molecular flexibility index (Phi) is 7.90. The Morgan fingerprint density at radius 3 is 2.48 bits per heavy atom. The molecule has 0 aliphatic carbocycles. The van der Waals surface area contributed by atoms with Gasteiger partial charge >= 0.3 is 6.03 Å². The highest BCUT2D eigenvalue weighted by Gasteiger charge is 2.05. The monoisotopic (exact) mass is 375 g/mol. The Morgan fingerprint density at radius 1 is 1.00 bits per heavy atom. The van der Waals surface area contributed by atoms with E-state index in [0.717, 1.165) is 5.56 Å². The topological polar surface area (TPSA) is 88.7 Å². The van der Waals surface area contributed by atoms with Crippen LogP contribution in [0.15, 0.2) is 48.5 Å². The molecule has 3 N–H and O–H groups in total. The number of benzene rings is 2. The molecule has 0 atom stereocenters. The normalized spacial score (nSPS) is 10.0. The lowest BCUT2D eigenvalue weighted by Crippen LogP contribution is -2.42. The van der Waals surface area contributed by atoms with Gasteiger partial charge in [0.2, 0.25) is 5.91 Å². The van der Waals surface area contributed by atoms with E-state index in [0.29, 0.717) is 18.0 Å². The van der Waals surface area contributed by atoms with Crippen LogP contribution < -0.4 is 25.4 Å². The molecule has 2 aromatic rings. The van der Waals surface area contributed by atoms with Crippen LogP contribution in [0.1, 0.15) is 5.56 Å². The minimum Gasteiger partial charge on any atom is -0.497 e. The van der Waals surface area contributed by atoms with E-state index < -0.39 is 6.03 Å². The molecule has 144 valence electrons. The van der Waals surface area contributed by atoms with E-state index in [1.54, 1.807) is 43.5 Å². The largest absolute Gasteiger partial charge is 0.497 e. The SMILES string of the molecule is COc1cccc(OCCNC(=O)CNC(=O)NCc2ccc(F)cc2)c1. The Morgan fingerprint density at radius 2 is 1.74 bits per heavy atom. The number of hydrogen-bond acceptors (Lipinski definition) is 4. The van der Waals surface area contributed by atoms with Gasteiger partial charge in [-0.3, -0.25) is 4.79 Å². The number of carbonyl (C=O) groups is 2. The van der Waals surface area contributed by atoms with Gasteiger partial charge in [0.1, 0.15) is 23.9 Å². The maximum Gasteiger partial charge on any atom is 0.315 e. The van der Waals surface area contributed by atoms with E-state index in [-0.39, 0.29) is 31.4 Å². The summed E-state index contributed by atoms with van der Waals surface area (Å²) in [5.41, 5.74) is 0.755. The predicted molar refractivity (Wildman–Crippen MR) is 98.1 cm³/mol. The van der Waals surface area contributed by atoms with Crippen molar-refractivity contribution in [1.82, 2.24) is 16.0 Å². The highest BCUT2D eigenvalue weighted by atomic mass is 19.1. The van der Waals surface area contributed by atoms with Gasteiger partial charge in [-0.05, 0) is 29.8 Å². The number of halogens is 1. The zero-order chi connectivity index (χ0) is 19.5. The van der Waals surface area contributed by atoms with Crippen molar-refractivity contribution in [3.05, 3.63) is 59.9 Å². The van der Waals surface area contributed by atoms with Gasteiger partial charge in [-0.15, -0.1) is 0 Å². The average Bonchev–Trinajstić information content (AvgIpc) is 2.69. The number of rotatable bonds is 9. The van der Waals surface area contributed by atoms with Crippen LogP contribution in [0.2, 0.25) is 0 Å². The molecule has 0 spiro atoms. The van der Waals surface area contributed by atoms with Crippen molar-refractivity contribution in [2.75, 3.05) is 26.8 Å². The second-order valence-corrected chi connectivity index (χ2v) is 5.54. The number of ether oxygens (including phenoxy) is 2. The van der Waals surface area contributed by atoms with Crippen LogP contribution in [0.5, 0.6) is 11.5 Å². The van der Waals surface area contributed by atoms with Crippen LogP contribution in [-0.4, -0.2) is 38.7 Å². The summed E-state index contributed by atoms with van der Waals surface area (Å²) < 4.78 is 23.4. The number of hydrogen-bond donors (Lipinski definition) is 3. The number of nitrogens with one attached hydrogen (secondary N) is 3. The molecule has 3 amide bonds. The molecule has 0 aliphatic rings. The molecule has 8 heteroatoms. The third kappa shape index (κ3) is 7.64. The summed E-state index contributed by atoms with van der Waals surface area (Å²) in [5.74, 6) is 0.658. The van der Waals surface area contributed by atoms with Gasteiger partial charge in [-0.25, -0.2) is 9.18 Å². The summed E-state index contributed by atoms with van der Waals surface area (Å²) >= 11 is 0. The second-order valence-electron chi connectivity index (χ2n) is 5.54. The molecular formula is C19H22FN3O4. The molecule has 0 aromatic heterocycles. The minimum absolute atomic E-state index is 0.158. The van der Waals surface area contributed by atoms with E-state index in [2.05, 4.69) is 16.0 Å². The van der Waals surface area contributed by atoms with E-state index >= 15 is 0 Å². The number of urea groups is 1. The maximum absolute atomic E-state index is 12.8. The molecule has 2 rings (SSSR count). The molecule has 0 fully saturated rings. The van der Waals surface area contributed by atoms with Crippen LogP contribution >= 0.6 is 0 Å². The Bertz CT molecular complexity index is 753. The van der Waals surface area contributed by atoms with Crippen molar-refractivity contribution in [2.24, 2.45) is 0 Å². The summed E-state index contributed by atoms with van der Waals surface area (Å²) in [6.07, 6.45) is 0. The number of methoxy groups -OCH3 is 1. The first-order chi connectivity index (χ1) is 13.1. The van der Waals surface area contributed by atoms with E-state index in [1.807, 2.05) is 0 Å². The average molecular weight is 375 g/mol. The fourth-order valence-electron chi connectivity index (χ4n) is 2.12.